The van der Waals surface area contributed by atoms with Gasteiger partial charge in [0, 0.05) is 6.54 Å². The Morgan fingerprint density at radius 3 is 2.59 bits per heavy atom. The van der Waals surface area contributed by atoms with Crippen molar-refractivity contribution in [2.75, 3.05) is 13.2 Å². The van der Waals surface area contributed by atoms with Crippen LogP contribution in [0.25, 0.3) is 0 Å². The molecular formula is C17H23NO4. The van der Waals surface area contributed by atoms with Crippen molar-refractivity contribution < 1.29 is 19.4 Å². The van der Waals surface area contributed by atoms with E-state index in [4.69, 9.17) is 9.84 Å². The zero-order valence-corrected chi connectivity index (χ0v) is 13.1. The number of aryl methyl sites for hydroxylation is 2. The number of carboxylic acid groups (broad SMARTS) is 1. The average molecular weight is 305 g/mol. The maximum atomic E-state index is 11.7. The van der Waals surface area contributed by atoms with Gasteiger partial charge in [0.05, 0.1) is 5.41 Å². The predicted octanol–water partition coefficient (Wildman–Crippen LogP) is 2.17. The van der Waals surface area contributed by atoms with E-state index in [-0.39, 0.29) is 19.1 Å². The molecule has 0 aromatic heterocycles. The van der Waals surface area contributed by atoms with E-state index < -0.39 is 11.4 Å². The molecule has 2 N–H and O–H groups in total. The van der Waals surface area contributed by atoms with Gasteiger partial charge in [0.1, 0.15) is 5.75 Å². The summed E-state index contributed by atoms with van der Waals surface area (Å²) in [7, 11) is 0. The van der Waals surface area contributed by atoms with Crippen molar-refractivity contribution in [3.63, 3.8) is 0 Å². The van der Waals surface area contributed by atoms with Crippen LogP contribution in [0.3, 0.4) is 0 Å². The minimum atomic E-state index is -0.985. The summed E-state index contributed by atoms with van der Waals surface area (Å²) in [4.78, 5) is 22.7. The quantitative estimate of drug-likeness (QED) is 0.844. The van der Waals surface area contributed by atoms with Crippen molar-refractivity contribution in [3.8, 4) is 5.75 Å². The van der Waals surface area contributed by atoms with Crippen molar-refractivity contribution in [3.05, 3.63) is 29.3 Å². The van der Waals surface area contributed by atoms with Gasteiger partial charge in [-0.2, -0.15) is 0 Å². The van der Waals surface area contributed by atoms with E-state index in [0.29, 0.717) is 5.75 Å². The van der Waals surface area contributed by atoms with Crippen LogP contribution < -0.4 is 10.1 Å². The number of amides is 1. The van der Waals surface area contributed by atoms with Crippen molar-refractivity contribution in [2.45, 2.75) is 39.5 Å². The highest BCUT2D eigenvalue weighted by molar-refractivity contribution is 5.79. The van der Waals surface area contributed by atoms with Crippen LogP contribution >= 0.6 is 0 Å². The number of hydrogen-bond acceptors (Lipinski definition) is 3. The van der Waals surface area contributed by atoms with E-state index in [1.54, 1.807) is 13.8 Å². The van der Waals surface area contributed by atoms with Gasteiger partial charge in [0.2, 0.25) is 0 Å². The van der Waals surface area contributed by atoms with Gasteiger partial charge in [-0.1, -0.05) is 6.07 Å². The van der Waals surface area contributed by atoms with E-state index in [2.05, 4.69) is 11.4 Å². The Labute approximate surface area is 130 Å². The van der Waals surface area contributed by atoms with Crippen LogP contribution in [-0.2, 0) is 22.4 Å². The molecule has 0 bridgehead atoms. The number of ether oxygens (including phenoxy) is 1. The molecule has 0 radical (unpaired) electrons. The highest BCUT2D eigenvalue weighted by Gasteiger charge is 2.27. The smallest absolute Gasteiger partial charge is 0.310 e. The third kappa shape index (κ3) is 4.23. The molecule has 5 heteroatoms. The first-order chi connectivity index (χ1) is 10.4. The third-order valence-electron chi connectivity index (χ3n) is 4.00. The number of hydrogen-bond donors (Lipinski definition) is 2. The molecule has 1 aliphatic carbocycles. The molecule has 0 saturated carbocycles. The second-order valence-corrected chi connectivity index (χ2v) is 6.39. The number of carbonyl (C=O) groups is 2. The second-order valence-electron chi connectivity index (χ2n) is 6.39. The zero-order valence-electron chi connectivity index (χ0n) is 13.1. The number of carboxylic acids is 1. The summed E-state index contributed by atoms with van der Waals surface area (Å²) < 4.78 is 5.50. The second kappa shape index (κ2) is 6.81. The van der Waals surface area contributed by atoms with Gasteiger partial charge < -0.3 is 15.2 Å². The van der Waals surface area contributed by atoms with Crippen molar-refractivity contribution >= 4 is 11.9 Å². The molecule has 0 fully saturated rings. The van der Waals surface area contributed by atoms with Crippen molar-refractivity contribution in [2.24, 2.45) is 5.41 Å². The van der Waals surface area contributed by atoms with E-state index in [1.165, 1.54) is 24.0 Å². The molecule has 0 saturated heterocycles. The van der Waals surface area contributed by atoms with Crippen LogP contribution in [0.15, 0.2) is 18.2 Å². The lowest BCUT2D eigenvalue weighted by molar-refractivity contribution is -0.146. The number of aliphatic carboxylic acids is 1. The van der Waals surface area contributed by atoms with Crippen LogP contribution in [0.1, 0.15) is 37.8 Å². The van der Waals surface area contributed by atoms with Gasteiger partial charge >= 0.3 is 5.97 Å². The highest BCUT2D eigenvalue weighted by Crippen LogP contribution is 2.25. The van der Waals surface area contributed by atoms with Gasteiger partial charge in [0.25, 0.3) is 5.91 Å². The molecule has 0 aliphatic heterocycles. The first-order valence-corrected chi connectivity index (χ1v) is 7.63. The molecule has 22 heavy (non-hydrogen) atoms. The lowest BCUT2D eigenvalue weighted by Crippen LogP contribution is -2.40. The predicted molar refractivity (Wildman–Crippen MR) is 83.0 cm³/mol. The maximum Gasteiger partial charge on any atom is 0.310 e. The number of carbonyl (C=O) groups excluding carboxylic acids is 1. The minimum Gasteiger partial charge on any atom is -0.484 e. The summed E-state index contributed by atoms with van der Waals surface area (Å²) in [6.07, 6.45) is 4.60. The molecule has 120 valence electrons. The molecule has 0 heterocycles. The van der Waals surface area contributed by atoms with Crippen molar-refractivity contribution in [1.29, 1.82) is 0 Å². The molecule has 1 aromatic rings. The number of benzene rings is 1. The maximum absolute atomic E-state index is 11.7. The molecular weight excluding hydrogens is 282 g/mol. The van der Waals surface area contributed by atoms with E-state index >= 15 is 0 Å². The molecule has 0 spiro atoms. The van der Waals surface area contributed by atoms with Gasteiger partial charge in [-0.15, -0.1) is 0 Å². The van der Waals surface area contributed by atoms with Gasteiger partial charge in [-0.05, 0) is 62.8 Å². The van der Waals surface area contributed by atoms with E-state index in [9.17, 15) is 9.59 Å². The molecule has 0 atom stereocenters. The fourth-order valence-electron chi connectivity index (χ4n) is 2.39. The fraction of sp³-hybridized carbons (Fsp3) is 0.529. The van der Waals surface area contributed by atoms with Crippen LogP contribution in [0.5, 0.6) is 5.75 Å². The Kier molecular flexibility index (Phi) is 5.06. The molecule has 1 aromatic carbocycles. The van der Waals surface area contributed by atoms with Gasteiger partial charge in [0.15, 0.2) is 6.61 Å². The summed E-state index contributed by atoms with van der Waals surface area (Å²) >= 11 is 0. The van der Waals surface area contributed by atoms with Crippen LogP contribution in [0, 0.1) is 5.41 Å². The Hall–Kier alpha value is -2.04. The Bertz CT molecular complexity index is 566. The summed E-state index contributed by atoms with van der Waals surface area (Å²) in [5.74, 6) is -0.566. The minimum absolute atomic E-state index is 0.0781. The molecule has 2 rings (SSSR count). The number of fused-ring (bicyclic) bond motifs is 1. The molecule has 1 aliphatic rings. The van der Waals surface area contributed by atoms with Crippen molar-refractivity contribution in [1.82, 2.24) is 5.32 Å². The monoisotopic (exact) mass is 305 g/mol. The Morgan fingerprint density at radius 1 is 1.23 bits per heavy atom. The number of rotatable bonds is 6. The fourth-order valence-corrected chi connectivity index (χ4v) is 2.39. The summed E-state index contributed by atoms with van der Waals surface area (Å²) in [6, 6.07) is 5.96. The highest BCUT2D eigenvalue weighted by atomic mass is 16.5. The van der Waals surface area contributed by atoms with Crippen LogP contribution in [0.2, 0.25) is 0 Å². The topological polar surface area (TPSA) is 75.6 Å². The van der Waals surface area contributed by atoms with Crippen LogP contribution in [-0.4, -0.2) is 30.1 Å². The Morgan fingerprint density at radius 2 is 1.91 bits per heavy atom. The molecule has 0 unspecified atom stereocenters. The lowest BCUT2D eigenvalue weighted by Gasteiger charge is -2.20. The summed E-state index contributed by atoms with van der Waals surface area (Å²) in [5, 5.41) is 11.6. The number of nitrogens with one attached hydrogen (secondary N) is 1. The molecule has 1 amide bonds. The Balaban J connectivity index is 1.82. The average Bonchev–Trinajstić information content (AvgIpc) is 2.50. The van der Waals surface area contributed by atoms with Gasteiger partial charge in [-0.25, -0.2) is 0 Å². The first kappa shape index (κ1) is 16.3. The lowest BCUT2D eigenvalue weighted by atomic mass is 9.92. The van der Waals surface area contributed by atoms with Gasteiger partial charge in [-0.3, -0.25) is 9.59 Å². The molecule has 5 nitrogen and oxygen atoms in total. The summed E-state index contributed by atoms with van der Waals surface area (Å²) in [6.45, 7) is 3.11. The standard InChI is InChI=1S/C17H23NO4/c1-17(2,16(20)21)11-18-15(19)10-22-14-8-7-12-5-3-4-6-13(12)9-14/h7-9H,3-6,10-11H2,1-2H3,(H,18,19)(H,20,21). The van der Waals surface area contributed by atoms with E-state index in [0.717, 1.165) is 12.8 Å². The first-order valence-electron chi connectivity index (χ1n) is 7.63. The largest absolute Gasteiger partial charge is 0.484 e. The summed E-state index contributed by atoms with van der Waals surface area (Å²) in [5.41, 5.74) is 1.68. The normalized spacial score (nSPS) is 14.1. The van der Waals surface area contributed by atoms with E-state index in [1.807, 2.05) is 12.1 Å². The zero-order chi connectivity index (χ0) is 16.2. The third-order valence-corrected chi connectivity index (χ3v) is 4.00. The van der Waals surface area contributed by atoms with Crippen LogP contribution in [0.4, 0.5) is 0 Å². The SMILES string of the molecule is CC(C)(CNC(=O)COc1ccc2c(c1)CCCC2)C(=O)O.